The highest BCUT2D eigenvalue weighted by Crippen LogP contribution is 2.32. The van der Waals surface area contributed by atoms with Crippen LogP contribution in [0.15, 0.2) is 18.2 Å². The van der Waals surface area contributed by atoms with Gasteiger partial charge in [-0.1, -0.05) is 0 Å². The maximum atomic E-state index is 11.7. The quantitative estimate of drug-likeness (QED) is 0.616. The highest BCUT2D eigenvalue weighted by atomic mass is 19.4. The molecule has 82 valence electrons. The Balaban J connectivity index is 2.97. The molecule has 1 N–H and O–H groups in total. The van der Waals surface area contributed by atoms with Gasteiger partial charge in [0.25, 0.3) is 0 Å². The van der Waals surface area contributed by atoms with Crippen molar-refractivity contribution >= 4 is 5.69 Å². The molecule has 0 spiro atoms. The second-order valence-electron chi connectivity index (χ2n) is 2.46. The van der Waals surface area contributed by atoms with E-state index in [2.05, 4.69) is 4.74 Å². The Bertz CT molecular complexity index is 390. The van der Waals surface area contributed by atoms with Gasteiger partial charge in [0, 0.05) is 12.1 Å². The number of aromatic hydroxyl groups is 1. The Labute approximate surface area is 80.9 Å². The van der Waals surface area contributed by atoms with E-state index in [1.165, 1.54) is 0 Å². The van der Waals surface area contributed by atoms with Crippen LogP contribution in [0, 0.1) is 10.1 Å². The average Bonchev–Trinajstić information content (AvgIpc) is 1.99. The molecule has 1 aromatic carbocycles. The Hall–Kier alpha value is -1.99. The predicted octanol–water partition coefficient (Wildman–Crippen LogP) is 2.20. The summed E-state index contributed by atoms with van der Waals surface area (Å²) in [6, 6.07) is 1.98. The number of ether oxygens (including phenoxy) is 1. The molecule has 0 radical (unpaired) electrons. The van der Waals surface area contributed by atoms with Crippen molar-refractivity contribution in [2.45, 2.75) is 6.36 Å². The van der Waals surface area contributed by atoms with Gasteiger partial charge in [-0.2, -0.15) is 0 Å². The second kappa shape index (κ2) is 3.64. The lowest BCUT2D eigenvalue weighted by atomic mass is 10.3. The number of nitro benzene ring substituents is 1. The summed E-state index contributed by atoms with van der Waals surface area (Å²) < 4.78 is 38.5. The summed E-state index contributed by atoms with van der Waals surface area (Å²) in [5, 5.41) is 19.2. The molecule has 0 saturated heterocycles. The number of alkyl halides is 3. The number of nitro groups is 1. The third-order valence-electron chi connectivity index (χ3n) is 1.38. The summed E-state index contributed by atoms with van der Waals surface area (Å²) in [6.07, 6.45) is -4.90. The van der Waals surface area contributed by atoms with Gasteiger partial charge in [-0.15, -0.1) is 13.2 Å². The van der Waals surface area contributed by atoms with E-state index in [0.29, 0.717) is 6.07 Å². The first-order valence-electron chi connectivity index (χ1n) is 3.53. The molecule has 0 aliphatic rings. The number of hydrogen-bond donors (Lipinski definition) is 1. The predicted molar refractivity (Wildman–Crippen MR) is 41.4 cm³/mol. The Morgan fingerprint density at radius 3 is 2.40 bits per heavy atom. The fourth-order valence-corrected chi connectivity index (χ4v) is 0.855. The first kappa shape index (κ1) is 11.1. The standard InChI is InChI=1S/C7H4F3NO4/c8-7(9,10)15-4-1-2-5(11(13)14)6(12)3-4/h1-3,12H. The molecule has 1 aromatic rings. The molecule has 0 fully saturated rings. The normalized spacial score (nSPS) is 11.1. The van der Waals surface area contributed by atoms with Crippen molar-refractivity contribution in [1.29, 1.82) is 0 Å². The lowest BCUT2D eigenvalue weighted by Gasteiger charge is -2.08. The van der Waals surface area contributed by atoms with Crippen molar-refractivity contribution in [3.63, 3.8) is 0 Å². The molecule has 1 rings (SSSR count). The van der Waals surface area contributed by atoms with Gasteiger partial charge in [0.2, 0.25) is 0 Å². The molecule has 0 unspecified atom stereocenters. The van der Waals surface area contributed by atoms with Crippen LogP contribution in [0.4, 0.5) is 18.9 Å². The molecule has 0 atom stereocenters. The van der Waals surface area contributed by atoms with Crippen molar-refractivity contribution in [2.24, 2.45) is 0 Å². The summed E-state index contributed by atoms with van der Waals surface area (Å²) in [4.78, 5) is 9.28. The first-order chi connectivity index (χ1) is 6.79. The molecule has 0 heterocycles. The number of nitrogens with zero attached hydrogens (tertiary/aromatic N) is 1. The summed E-state index contributed by atoms with van der Waals surface area (Å²) in [5.41, 5.74) is -0.690. The van der Waals surface area contributed by atoms with E-state index in [-0.39, 0.29) is 0 Å². The van der Waals surface area contributed by atoms with Crippen LogP contribution >= 0.6 is 0 Å². The number of phenols is 1. The fourth-order valence-electron chi connectivity index (χ4n) is 0.855. The number of phenolic OH excluding ortho intramolecular Hbond substituents is 1. The minimum Gasteiger partial charge on any atom is -0.502 e. The van der Waals surface area contributed by atoms with E-state index < -0.39 is 28.5 Å². The molecule has 0 aliphatic carbocycles. The molecular weight excluding hydrogens is 219 g/mol. The topological polar surface area (TPSA) is 72.6 Å². The van der Waals surface area contributed by atoms with E-state index in [1.54, 1.807) is 0 Å². The van der Waals surface area contributed by atoms with Crippen molar-refractivity contribution in [3.8, 4) is 11.5 Å². The molecule has 0 bridgehead atoms. The third kappa shape index (κ3) is 3.01. The van der Waals surface area contributed by atoms with Gasteiger partial charge in [0.15, 0.2) is 5.75 Å². The minimum absolute atomic E-state index is 0.519. The van der Waals surface area contributed by atoms with E-state index in [1.807, 2.05) is 0 Å². The molecule has 8 heteroatoms. The molecule has 5 nitrogen and oxygen atoms in total. The van der Waals surface area contributed by atoms with Gasteiger partial charge in [-0.05, 0) is 6.07 Å². The average molecular weight is 223 g/mol. The van der Waals surface area contributed by atoms with Crippen LogP contribution in [0.2, 0.25) is 0 Å². The van der Waals surface area contributed by atoms with Gasteiger partial charge in [0.1, 0.15) is 5.75 Å². The van der Waals surface area contributed by atoms with E-state index in [0.717, 1.165) is 12.1 Å². The molecule has 0 aromatic heterocycles. The maximum absolute atomic E-state index is 11.7. The Morgan fingerprint density at radius 2 is 2.00 bits per heavy atom. The fraction of sp³-hybridized carbons (Fsp3) is 0.143. The zero-order valence-corrected chi connectivity index (χ0v) is 6.99. The zero-order chi connectivity index (χ0) is 11.6. The SMILES string of the molecule is O=[N+]([O-])c1ccc(OC(F)(F)F)cc1O. The van der Waals surface area contributed by atoms with Gasteiger partial charge >= 0.3 is 12.0 Å². The smallest absolute Gasteiger partial charge is 0.502 e. The van der Waals surface area contributed by atoms with Crippen LogP contribution in [-0.2, 0) is 0 Å². The molecule has 0 aliphatic heterocycles. The van der Waals surface area contributed by atoms with Crippen molar-refractivity contribution in [1.82, 2.24) is 0 Å². The molecule has 15 heavy (non-hydrogen) atoms. The number of halogens is 3. The van der Waals surface area contributed by atoms with Crippen LogP contribution in [0.1, 0.15) is 0 Å². The van der Waals surface area contributed by atoms with E-state index >= 15 is 0 Å². The van der Waals surface area contributed by atoms with E-state index in [9.17, 15) is 23.3 Å². The first-order valence-corrected chi connectivity index (χ1v) is 3.53. The van der Waals surface area contributed by atoms with E-state index in [4.69, 9.17) is 5.11 Å². The Morgan fingerprint density at radius 1 is 1.40 bits per heavy atom. The molecular formula is C7H4F3NO4. The number of benzene rings is 1. The second-order valence-corrected chi connectivity index (χ2v) is 2.46. The van der Waals surface area contributed by atoms with Gasteiger partial charge in [-0.3, -0.25) is 10.1 Å². The van der Waals surface area contributed by atoms with Gasteiger partial charge in [-0.25, -0.2) is 0 Å². The van der Waals surface area contributed by atoms with Crippen molar-refractivity contribution in [3.05, 3.63) is 28.3 Å². The summed E-state index contributed by atoms with van der Waals surface area (Å²) in [7, 11) is 0. The van der Waals surface area contributed by atoms with Crippen molar-refractivity contribution < 1.29 is 27.9 Å². The summed E-state index contributed by atoms with van der Waals surface area (Å²) >= 11 is 0. The largest absolute Gasteiger partial charge is 0.573 e. The number of hydrogen-bond acceptors (Lipinski definition) is 4. The zero-order valence-electron chi connectivity index (χ0n) is 6.99. The third-order valence-corrected chi connectivity index (χ3v) is 1.38. The van der Waals surface area contributed by atoms with Crippen LogP contribution in [-0.4, -0.2) is 16.4 Å². The lowest BCUT2D eigenvalue weighted by molar-refractivity contribution is -0.386. The molecule has 0 saturated carbocycles. The maximum Gasteiger partial charge on any atom is 0.573 e. The monoisotopic (exact) mass is 223 g/mol. The van der Waals surface area contributed by atoms with Gasteiger partial charge in [0.05, 0.1) is 4.92 Å². The minimum atomic E-state index is -4.90. The van der Waals surface area contributed by atoms with Crippen LogP contribution in [0.5, 0.6) is 11.5 Å². The van der Waals surface area contributed by atoms with Crippen molar-refractivity contribution in [2.75, 3.05) is 0 Å². The van der Waals surface area contributed by atoms with Gasteiger partial charge < -0.3 is 9.84 Å². The van der Waals surface area contributed by atoms with Crippen LogP contribution in [0.25, 0.3) is 0 Å². The molecule has 0 amide bonds. The highest BCUT2D eigenvalue weighted by molar-refractivity contribution is 5.49. The van der Waals surface area contributed by atoms with Crippen LogP contribution < -0.4 is 4.74 Å². The summed E-state index contributed by atoms with van der Waals surface area (Å²) in [5.74, 6) is -1.60. The number of rotatable bonds is 2. The lowest BCUT2D eigenvalue weighted by Crippen LogP contribution is -2.17. The van der Waals surface area contributed by atoms with Crippen LogP contribution in [0.3, 0.4) is 0 Å². The highest BCUT2D eigenvalue weighted by Gasteiger charge is 2.31. The Kier molecular flexibility index (Phi) is 2.69. The summed E-state index contributed by atoms with van der Waals surface area (Å²) in [6.45, 7) is 0.